The van der Waals surface area contributed by atoms with Crippen LogP contribution in [-0.2, 0) is 17.6 Å². The molecule has 0 saturated carbocycles. The van der Waals surface area contributed by atoms with Gasteiger partial charge in [-0.3, -0.25) is 4.79 Å². The lowest BCUT2D eigenvalue weighted by atomic mass is 9.91. The van der Waals surface area contributed by atoms with Gasteiger partial charge in [-0.1, -0.05) is 23.2 Å². The van der Waals surface area contributed by atoms with Crippen LogP contribution in [0.5, 0.6) is 0 Å². The molecular formula is C20H17Cl2FO3S. The molecule has 1 aliphatic rings. The van der Waals surface area contributed by atoms with Gasteiger partial charge in [-0.15, -0.1) is 11.3 Å². The number of allylic oxidation sites excluding steroid dienone is 2. The Morgan fingerprint density at radius 2 is 1.67 bits per heavy atom. The van der Waals surface area contributed by atoms with E-state index < -0.39 is 11.8 Å². The van der Waals surface area contributed by atoms with Crippen LogP contribution in [0, 0.1) is 5.82 Å². The van der Waals surface area contributed by atoms with Gasteiger partial charge in [-0.2, -0.15) is 0 Å². The van der Waals surface area contributed by atoms with Gasteiger partial charge in [-0.25, -0.2) is 9.18 Å². The predicted molar refractivity (Wildman–Crippen MR) is 107 cm³/mol. The molecule has 0 amide bonds. The standard InChI is InChI=1S/C20H17Cl2FO3S/c1-10(11-8-14(21)17(23)15(22)9-11)7-16(24)18-12-5-3-4-6-13(12)19(27-18)20(25)26-2/h7-9H,3-6H2,1-2H3/b10-7-. The van der Waals surface area contributed by atoms with Crippen LogP contribution in [0.15, 0.2) is 18.2 Å². The molecule has 0 bridgehead atoms. The third-order valence-corrected chi connectivity index (χ3v) is 6.42. The zero-order chi connectivity index (χ0) is 19.7. The second-order valence-corrected chi connectivity index (χ2v) is 8.20. The number of carbonyl (C=O) groups excluding carboxylic acids is 2. The molecule has 2 aromatic rings. The van der Waals surface area contributed by atoms with E-state index in [0.717, 1.165) is 36.8 Å². The largest absolute Gasteiger partial charge is 0.465 e. The zero-order valence-electron chi connectivity index (χ0n) is 14.8. The quantitative estimate of drug-likeness (QED) is 0.255. The summed E-state index contributed by atoms with van der Waals surface area (Å²) in [6.07, 6.45) is 4.99. The van der Waals surface area contributed by atoms with E-state index in [4.69, 9.17) is 27.9 Å². The number of hydrogen-bond acceptors (Lipinski definition) is 4. The first-order valence-electron chi connectivity index (χ1n) is 8.43. The van der Waals surface area contributed by atoms with Crippen molar-refractivity contribution in [2.75, 3.05) is 7.11 Å². The second-order valence-electron chi connectivity index (χ2n) is 6.36. The smallest absolute Gasteiger partial charge is 0.348 e. The van der Waals surface area contributed by atoms with Crippen LogP contribution in [0.3, 0.4) is 0 Å². The molecule has 0 radical (unpaired) electrons. The number of fused-ring (bicyclic) bond motifs is 1. The van der Waals surface area contributed by atoms with Crippen molar-refractivity contribution < 1.29 is 18.7 Å². The monoisotopic (exact) mass is 426 g/mol. The van der Waals surface area contributed by atoms with Gasteiger partial charge in [0.1, 0.15) is 4.88 Å². The third-order valence-electron chi connectivity index (χ3n) is 4.60. The molecule has 1 heterocycles. The summed E-state index contributed by atoms with van der Waals surface area (Å²) in [6, 6.07) is 2.87. The molecule has 0 N–H and O–H groups in total. The number of ether oxygens (including phenoxy) is 1. The summed E-state index contributed by atoms with van der Waals surface area (Å²) in [5.41, 5.74) is 3.05. The summed E-state index contributed by atoms with van der Waals surface area (Å²) in [6.45, 7) is 1.74. The molecule has 1 aromatic heterocycles. The van der Waals surface area contributed by atoms with Gasteiger partial charge in [0, 0.05) is 0 Å². The molecule has 1 aromatic carbocycles. The van der Waals surface area contributed by atoms with Crippen molar-refractivity contribution in [1.29, 1.82) is 0 Å². The van der Waals surface area contributed by atoms with Crippen LogP contribution in [0.2, 0.25) is 10.0 Å². The number of thiophene rings is 1. The van der Waals surface area contributed by atoms with Crippen LogP contribution in [0.4, 0.5) is 4.39 Å². The van der Waals surface area contributed by atoms with E-state index in [9.17, 15) is 14.0 Å². The number of benzene rings is 1. The number of halogens is 3. The summed E-state index contributed by atoms with van der Waals surface area (Å²) in [5.74, 6) is -1.28. The average molecular weight is 427 g/mol. The molecule has 3 nitrogen and oxygen atoms in total. The Balaban J connectivity index is 2.00. The van der Waals surface area contributed by atoms with Crippen molar-refractivity contribution in [3.63, 3.8) is 0 Å². The minimum absolute atomic E-state index is 0.0980. The fraction of sp³-hybridized carbons (Fsp3) is 0.300. The molecule has 1 aliphatic carbocycles. The van der Waals surface area contributed by atoms with Gasteiger partial charge in [0.25, 0.3) is 0 Å². The summed E-state index contributed by atoms with van der Waals surface area (Å²) in [7, 11) is 1.34. The SMILES string of the molecule is COC(=O)c1sc(C(=O)/C=C(/C)c2cc(Cl)c(F)c(Cl)c2)c2c1CCCC2. The number of methoxy groups -OCH3 is 1. The summed E-state index contributed by atoms with van der Waals surface area (Å²) >= 11 is 12.9. The van der Waals surface area contributed by atoms with E-state index in [1.165, 1.54) is 36.7 Å². The second kappa shape index (κ2) is 8.13. The number of esters is 1. The van der Waals surface area contributed by atoms with Crippen LogP contribution >= 0.6 is 34.5 Å². The molecule has 3 rings (SSSR count). The van der Waals surface area contributed by atoms with Crippen LogP contribution in [-0.4, -0.2) is 18.9 Å². The maximum atomic E-state index is 13.6. The third kappa shape index (κ3) is 3.96. The van der Waals surface area contributed by atoms with Crippen molar-refractivity contribution in [3.8, 4) is 0 Å². The highest BCUT2D eigenvalue weighted by Crippen LogP contribution is 2.36. The highest BCUT2D eigenvalue weighted by Gasteiger charge is 2.27. The Morgan fingerprint density at radius 3 is 2.22 bits per heavy atom. The first-order chi connectivity index (χ1) is 12.8. The molecular weight excluding hydrogens is 410 g/mol. The Kier molecular flexibility index (Phi) is 6.04. The van der Waals surface area contributed by atoms with Crippen molar-refractivity contribution in [3.05, 3.63) is 60.5 Å². The number of rotatable bonds is 4. The van der Waals surface area contributed by atoms with E-state index in [0.29, 0.717) is 20.9 Å². The van der Waals surface area contributed by atoms with Gasteiger partial charge < -0.3 is 4.74 Å². The van der Waals surface area contributed by atoms with Gasteiger partial charge in [0.2, 0.25) is 0 Å². The summed E-state index contributed by atoms with van der Waals surface area (Å²) in [4.78, 5) is 26.0. The van der Waals surface area contributed by atoms with Crippen molar-refractivity contribution in [1.82, 2.24) is 0 Å². The Morgan fingerprint density at radius 1 is 1.11 bits per heavy atom. The van der Waals surface area contributed by atoms with Crippen molar-refractivity contribution in [2.24, 2.45) is 0 Å². The maximum absolute atomic E-state index is 13.6. The lowest BCUT2D eigenvalue weighted by Crippen LogP contribution is -2.08. The highest BCUT2D eigenvalue weighted by molar-refractivity contribution is 7.16. The number of carbonyl (C=O) groups is 2. The zero-order valence-corrected chi connectivity index (χ0v) is 17.2. The van der Waals surface area contributed by atoms with Crippen LogP contribution < -0.4 is 0 Å². The fourth-order valence-electron chi connectivity index (χ4n) is 3.22. The number of ketones is 1. The topological polar surface area (TPSA) is 43.4 Å². The van der Waals surface area contributed by atoms with E-state index in [2.05, 4.69) is 0 Å². The molecule has 142 valence electrons. The molecule has 27 heavy (non-hydrogen) atoms. The normalized spacial score (nSPS) is 14.0. The first kappa shape index (κ1) is 20.1. The Labute approximate surface area is 170 Å². The van der Waals surface area contributed by atoms with Gasteiger partial charge in [0.05, 0.1) is 22.0 Å². The van der Waals surface area contributed by atoms with Crippen LogP contribution in [0.25, 0.3) is 5.57 Å². The molecule has 0 atom stereocenters. The first-order valence-corrected chi connectivity index (χ1v) is 10.0. The van der Waals surface area contributed by atoms with E-state index in [1.807, 2.05) is 0 Å². The Hall–Kier alpha value is -1.69. The summed E-state index contributed by atoms with van der Waals surface area (Å²) < 4.78 is 18.5. The van der Waals surface area contributed by atoms with Gasteiger partial charge in [0.15, 0.2) is 11.6 Å². The minimum atomic E-state index is -0.684. The van der Waals surface area contributed by atoms with Gasteiger partial charge in [-0.05, 0) is 73.1 Å². The predicted octanol–water partition coefficient (Wildman–Crippen LogP) is 6.15. The van der Waals surface area contributed by atoms with Crippen LogP contribution in [0.1, 0.15) is 55.8 Å². The lowest BCUT2D eigenvalue weighted by molar-refractivity contribution is 0.0605. The summed E-state index contributed by atoms with van der Waals surface area (Å²) in [5, 5.41) is -0.196. The Bertz CT molecular complexity index is 939. The molecule has 0 unspecified atom stereocenters. The van der Waals surface area contributed by atoms with Crippen molar-refractivity contribution in [2.45, 2.75) is 32.6 Å². The molecule has 0 spiro atoms. The fourth-order valence-corrected chi connectivity index (χ4v) is 4.93. The molecule has 0 fully saturated rings. The lowest BCUT2D eigenvalue weighted by Gasteiger charge is -2.13. The molecule has 7 heteroatoms. The average Bonchev–Trinajstić information content (AvgIpc) is 3.04. The van der Waals surface area contributed by atoms with E-state index in [-0.39, 0.29) is 15.8 Å². The van der Waals surface area contributed by atoms with Crippen molar-refractivity contribution >= 4 is 51.9 Å². The van der Waals surface area contributed by atoms with Gasteiger partial charge >= 0.3 is 5.97 Å². The minimum Gasteiger partial charge on any atom is -0.465 e. The molecule has 0 saturated heterocycles. The van der Waals surface area contributed by atoms with E-state index >= 15 is 0 Å². The van der Waals surface area contributed by atoms with E-state index in [1.54, 1.807) is 6.92 Å². The maximum Gasteiger partial charge on any atom is 0.348 e. The number of hydrogen-bond donors (Lipinski definition) is 0. The highest BCUT2D eigenvalue weighted by atomic mass is 35.5. The molecule has 0 aliphatic heterocycles.